The van der Waals surface area contributed by atoms with Crippen molar-refractivity contribution in [1.82, 2.24) is 19.8 Å². The van der Waals surface area contributed by atoms with E-state index in [0.717, 1.165) is 30.0 Å². The molecule has 0 aliphatic heterocycles. The molecule has 1 aliphatic carbocycles. The summed E-state index contributed by atoms with van der Waals surface area (Å²) in [6, 6.07) is 4.09. The van der Waals surface area contributed by atoms with Gasteiger partial charge in [0.05, 0.1) is 5.69 Å². The van der Waals surface area contributed by atoms with Crippen LogP contribution >= 0.6 is 0 Å². The summed E-state index contributed by atoms with van der Waals surface area (Å²) in [6.07, 6.45) is 3.34. The first-order valence-electron chi connectivity index (χ1n) is 5.70. The number of fused-ring (bicyclic) bond motifs is 1. The fourth-order valence-electron chi connectivity index (χ4n) is 2.44. The van der Waals surface area contributed by atoms with E-state index in [0.29, 0.717) is 5.92 Å². The molecule has 1 aliphatic rings. The molecule has 0 amide bonds. The van der Waals surface area contributed by atoms with E-state index in [1.165, 1.54) is 6.42 Å². The van der Waals surface area contributed by atoms with E-state index in [2.05, 4.69) is 15.3 Å². The molecule has 2 N–H and O–H groups in total. The van der Waals surface area contributed by atoms with Crippen molar-refractivity contribution in [2.24, 2.45) is 5.73 Å². The minimum atomic E-state index is 0.203. The SMILES string of the molecule is Cc1ccc2nnc(C3CCCC3N)n2n1. The molecule has 5 heteroatoms. The second-order valence-electron chi connectivity index (χ2n) is 4.50. The molecule has 2 aromatic rings. The normalized spacial score (nSPS) is 25.4. The second kappa shape index (κ2) is 3.52. The Morgan fingerprint density at radius 2 is 2.19 bits per heavy atom. The fourth-order valence-corrected chi connectivity index (χ4v) is 2.44. The summed E-state index contributed by atoms with van der Waals surface area (Å²) < 4.78 is 1.84. The zero-order valence-electron chi connectivity index (χ0n) is 9.30. The highest BCUT2D eigenvalue weighted by Crippen LogP contribution is 2.32. The Balaban J connectivity index is 2.12. The monoisotopic (exact) mass is 217 g/mol. The van der Waals surface area contributed by atoms with Gasteiger partial charge in [-0.1, -0.05) is 6.42 Å². The third-order valence-corrected chi connectivity index (χ3v) is 3.32. The molecule has 0 aromatic carbocycles. The maximum Gasteiger partial charge on any atom is 0.177 e. The highest BCUT2D eigenvalue weighted by atomic mass is 15.4. The van der Waals surface area contributed by atoms with Crippen molar-refractivity contribution in [3.63, 3.8) is 0 Å². The molecular formula is C11H15N5. The predicted octanol–water partition coefficient (Wildman–Crippen LogP) is 1.03. The van der Waals surface area contributed by atoms with Crippen LogP contribution in [0.25, 0.3) is 5.65 Å². The maximum atomic E-state index is 6.09. The molecule has 2 atom stereocenters. The van der Waals surface area contributed by atoms with Gasteiger partial charge in [0, 0.05) is 12.0 Å². The lowest BCUT2D eigenvalue weighted by Crippen LogP contribution is -2.24. The van der Waals surface area contributed by atoms with Crippen molar-refractivity contribution in [1.29, 1.82) is 0 Å². The number of aromatic nitrogens is 4. The Hall–Kier alpha value is -1.49. The first-order valence-corrected chi connectivity index (χ1v) is 5.70. The number of hydrogen-bond acceptors (Lipinski definition) is 4. The third-order valence-electron chi connectivity index (χ3n) is 3.32. The molecule has 3 rings (SSSR count). The van der Waals surface area contributed by atoms with Gasteiger partial charge in [0.1, 0.15) is 0 Å². The third kappa shape index (κ3) is 1.39. The Labute approximate surface area is 93.7 Å². The van der Waals surface area contributed by atoms with Crippen LogP contribution in [0.3, 0.4) is 0 Å². The number of aryl methyl sites for hydroxylation is 1. The van der Waals surface area contributed by atoms with E-state index in [-0.39, 0.29) is 6.04 Å². The summed E-state index contributed by atoms with van der Waals surface area (Å²) in [5, 5.41) is 12.8. The summed E-state index contributed by atoms with van der Waals surface area (Å²) in [7, 11) is 0. The molecule has 16 heavy (non-hydrogen) atoms. The molecule has 2 aromatic heterocycles. The van der Waals surface area contributed by atoms with E-state index in [9.17, 15) is 0 Å². The molecule has 1 saturated carbocycles. The summed E-state index contributed by atoms with van der Waals surface area (Å²) in [5.41, 5.74) is 7.87. The minimum absolute atomic E-state index is 0.203. The first kappa shape index (κ1) is 9.72. The van der Waals surface area contributed by atoms with Gasteiger partial charge in [-0.05, 0) is 31.9 Å². The Morgan fingerprint density at radius 3 is 2.94 bits per heavy atom. The fraction of sp³-hybridized carbons (Fsp3) is 0.545. The number of rotatable bonds is 1. The van der Waals surface area contributed by atoms with Crippen LogP contribution < -0.4 is 5.73 Å². The van der Waals surface area contributed by atoms with Gasteiger partial charge in [-0.25, -0.2) is 0 Å². The van der Waals surface area contributed by atoms with E-state index < -0.39 is 0 Å². The molecular weight excluding hydrogens is 202 g/mol. The highest BCUT2D eigenvalue weighted by Gasteiger charge is 2.29. The average molecular weight is 217 g/mol. The van der Waals surface area contributed by atoms with Gasteiger partial charge in [0.2, 0.25) is 0 Å². The Morgan fingerprint density at radius 1 is 1.31 bits per heavy atom. The predicted molar refractivity (Wildman–Crippen MR) is 60.1 cm³/mol. The van der Waals surface area contributed by atoms with Crippen molar-refractivity contribution in [2.75, 3.05) is 0 Å². The molecule has 0 bridgehead atoms. The maximum absolute atomic E-state index is 6.09. The van der Waals surface area contributed by atoms with Gasteiger partial charge >= 0.3 is 0 Å². The van der Waals surface area contributed by atoms with Gasteiger partial charge in [-0.2, -0.15) is 9.61 Å². The molecule has 1 fully saturated rings. The number of hydrogen-bond donors (Lipinski definition) is 1. The van der Waals surface area contributed by atoms with E-state index in [4.69, 9.17) is 5.73 Å². The van der Waals surface area contributed by atoms with Crippen LogP contribution in [0.4, 0.5) is 0 Å². The average Bonchev–Trinajstić information content (AvgIpc) is 2.83. The van der Waals surface area contributed by atoms with Crippen molar-refractivity contribution in [2.45, 2.75) is 38.1 Å². The van der Waals surface area contributed by atoms with Crippen molar-refractivity contribution < 1.29 is 0 Å². The molecule has 2 unspecified atom stereocenters. The van der Waals surface area contributed by atoms with Crippen LogP contribution in [0.1, 0.15) is 36.7 Å². The molecule has 5 nitrogen and oxygen atoms in total. The van der Waals surface area contributed by atoms with E-state index >= 15 is 0 Å². The van der Waals surface area contributed by atoms with Gasteiger partial charge in [0.15, 0.2) is 11.5 Å². The molecule has 0 spiro atoms. The van der Waals surface area contributed by atoms with Crippen molar-refractivity contribution >= 4 is 5.65 Å². The van der Waals surface area contributed by atoms with Crippen LogP contribution in [0.2, 0.25) is 0 Å². The topological polar surface area (TPSA) is 69.1 Å². The van der Waals surface area contributed by atoms with Gasteiger partial charge in [0.25, 0.3) is 0 Å². The lowest BCUT2D eigenvalue weighted by Gasteiger charge is -2.12. The standard InChI is InChI=1S/C11H15N5/c1-7-5-6-10-13-14-11(16(10)15-7)8-3-2-4-9(8)12/h5-6,8-9H,2-4,12H2,1H3. The second-order valence-corrected chi connectivity index (χ2v) is 4.50. The van der Waals surface area contributed by atoms with Crippen LogP contribution in [0.15, 0.2) is 12.1 Å². The molecule has 2 heterocycles. The van der Waals surface area contributed by atoms with E-state index in [1.54, 1.807) is 0 Å². The van der Waals surface area contributed by atoms with Crippen LogP contribution in [-0.4, -0.2) is 25.9 Å². The molecule has 0 radical (unpaired) electrons. The zero-order valence-corrected chi connectivity index (χ0v) is 9.30. The summed E-state index contributed by atoms with van der Waals surface area (Å²) in [4.78, 5) is 0. The smallest absolute Gasteiger partial charge is 0.177 e. The number of nitrogens with two attached hydrogens (primary N) is 1. The Bertz CT molecular complexity index is 518. The summed E-state index contributed by atoms with van der Waals surface area (Å²) in [5.74, 6) is 1.23. The van der Waals surface area contributed by atoms with Crippen molar-refractivity contribution in [3.05, 3.63) is 23.7 Å². The van der Waals surface area contributed by atoms with Gasteiger partial charge in [-0.15, -0.1) is 10.2 Å². The lowest BCUT2D eigenvalue weighted by molar-refractivity contribution is 0.564. The first-order chi connectivity index (χ1) is 7.75. The van der Waals surface area contributed by atoms with Gasteiger partial charge < -0.3 is 5.73 Å². The van der Waals surface area contributed by atoms with E-state index in [1.807, 2.05) is 23.6 Å². The summed E-state index contributed by atoms with van der Waals surface area (Å²) in [6.45, 7) is 1.97. The largest absolute Gasteiger partial charge is 0.327 e. The van der Waals surface area contributed by atoms with Crippen LogP contribution in [0, 0.1) is 6.92 Å². The lowest BCUT2D eigenvalue weighted by atomic mass is 10.0. The van der Waals surface area contributed by atoms with Crippen LogP contribution in [0.5, 0.6) is 0 Å². The minimum Gasteiger partial charge on any atom is -0.327 e. The zero-order chi connectivity index (χ0) is 11.1. The quantitative estimate of drug-likeness (QED) is 0.774. The molecule has 0 saturated heterocycles. The summed E-state index contributed by atoms with van der Waals surface area (Å²) >= 11 is 0. The highest BCUT2D eigenvalue weighted by molar-refractivity contribution is 5.36. The van der Waals surface area contributed by atoms with Crippen LogP contribution in [-0.2, 0) is 0 Å². The van der Waals surface area contributed by atoms with Gasteiger partial charge in [-0.3, -0.25) is 0 Å². The molecule has 84 valence electrons. The number of nitrogens with zero attached hydrogens (tertiary/aromatic N) is 4. The van der Waals surface area contributed by atoms with Crippen molar-refractivity contribution in [3.8, 4) is 0 Å². The Kier molecular flexibility index (Phi) is 2.14.